The Balaban J connectivity index is 1.76. The van der Waals surface area contributed by atoms with Crippen molar-refractivity contribution < 1.29 is 19.1 Å². The zero-order valence-corrected chi connectivity index (χ0v) is 15.1. The first-order valence-electron chi connectivity index (χ1n) is 8.61. The molecule has 6 nitrogen and oxygen atoms in total. The van der Waals surface area contributed by atoms with E-state index in [9.17, 15) is 9.59 Å². The maximum absolute atomic E-state index is 12.8. The van der Waals surface area contributed by atoms with E-state index in [1.54, 1.807) is 36.1 Å². The van der Waals surface area contributed by atoms with Crippen molar-refractivity contribution in [2.75, 3.05) is 23.4 Å². The molecule has 0 spiro atoms. The summed E-state index contributed by atoms with van der Waals surface area (Å²) < 4.78 is 10.8. The number of fused-ring (bicyclic) bond motifs is 1. The lowest BCUT2D eigenvalue weighted by Crippen LogP contribution is -2.44. The van der Waals surface area contributed by atoms with Gasteiger partial charge in [-0.2, -0.15) is 0 Å². The highest BCUT2D eigenvalue weighted by Crippen LogP contribution is 2.34. The molecule has 2 amide bonds. The molecule has 26 heavy (non-hydrogen) atoms. The van der Waals surface area contributed by atoms with E-state index in [-0.39, 0.29) is 18.1 Å². The van der Waals surface area contributed by atoms with Crippen molar-refractivity contribution in [3.63, 3.8) is 0 Å². The van der Waals surface area contributed by atoms with Crippen molar-refractivity contribution in [2.24, 2.45) is 0 Å². The van der Waals surface area contributed by atoms with Crippen molar-refractivity contribution in [3.8, 4) is 5.75 Å². The van der Waals surface area contributed by atoms with Crippen molar-refractivity contribution >= 4 is 23.4 Å². The van der Waals surface area contributed by atoms with Crippen LogP contribution in [0.15, 0.2) is 42.5 Å². The average molecular weight is 354 g/mol. The number of esters is 1. The molecule has 1 aliphatic rings. The minimum Gasteiger partial charge on any atom is -0.487 e. The number of amides is 2. The predicted molar refractivity (Wildman–Crippen MR) is 100 cm³/mol. The van der Waals surface area contributed by atoms with E-state index in [4.69, 9.17) is 9.47 Å². The molecule has 0 bridgehead atoms. The molecule has 1 atom stereocenters. The van der Waals surface area contributed by atoms with Crippen molar-refractivity contribution in [3.05, 3.63) is 53.6 Å². The molecule has 0 saturated heterocycles. The fourth-order valence-corrected chi connectivity index (χ4v) is 2.83. The van der Waals surface area contributed by atoms with Gasteiger partial charge in [-0.3, -0.25) is 4.90 Å². The van der Waals surface area contributed by atoms with Crippen LogP contribution in [0.25, 0.3) is 0 Å². The van der Waals surface area contributed by atoms with Gasteiger partial charge in [-0.15, -0.1) is 0 Å². The summed E-state index contributed by atoms with van der Waals surface area (Å²) in [6, 6.07) is 12.2. The number of carbonyl (C=O) groups is 2. The van der Waals surface area contributed by atoms with Crippen LogP contribution in [0.1, 0.15) is 29.8 Å². The summed E-state index contributed by atoms with van der Waals surface area (Å²) in [5.41, 5.74) is 2.87. The van der Waals surface area contributed by atoms with Gasteiger partial charge in [0.2, 0.25) is 0 Å². The molecular formula is C20H22N2O4. The summed E-state index contributed by atoms with van der Waals surface area (Å²) in [6.45, 7) is 6.45. The summed E-state index contributed by atoms with van der Waals surface area (Å²) in [4.78, 5) is 26.2. The molecule has 0 unspecified atom stereocenters. The average Bonchev–Trinajstić information content (AvgIpc) is 2.62. The first-order valence-corrected chi connectivity index (χ1v) is 8.61. The van der Waals surface area contributed by atoms with E-state index >= 15 is 0 Å². The van der Waals surface area contributed by atoms with E-state index in [1.165, 1.54) is 0 Å². The van der Waals surface area contributed by atoms with Crippen LogP contribution in [0.3, 0.4) is 0 Å². The predicted octanol–water partition coefficient (Wildman–Crippen LogP) is 3.99. The van der Waals surface area contributed by atoms with E-state index in [1.807, 2.05) is 32.0 Å². The molecular weight excluding hydrogens is 332 g/mol. The van der Waals surface area contributed by atoms with Gasteiger partial charge in [0.1, 0.15) is 11.9 Å². The number of hydrogen-bond donors (Lipinski definition) is 1. The van der Waals surface area contributed by atoms with Crippen LogP contribution in [0.2, 0.25) is 0 Å². The van der Waals surface area contributed by atoms with Crippen LogP contribution in [0, 0.1) is 6.92 Å². The molecule has 1 heterocycles. The molecule has 2 aromatic rings. The second-order valence-corrected chi connectivity index (χ2v) is 6.24. The third kappa shape index (κ3) is 3.79. The Bertz CT molecular complexity index is 817. The zero-order valence-electron chi connectivity index (χ0n) is 15.1. The summed E-state index contributed by atoms with van der Waals surface area (Å²) in [7, 11) is 0. The number of rotatable bonds is 3. The number of benzene rings is 2. The van der Waals surface area contributed by atoms with Crippen LogP contribution >= 0.6 is 0 Å². The molecule has 0 aliphatic carbocycles. The Kier molecular flexibility index (Phi) is 5.11. The topological polar surface area (TPSA) is 67.9 Å². The first kappa shape index (κ1) is 17.8. The molecule has 1 N–H and O–H groups in total. The van der Waals surface area contributed by atoms with Gasteiger partial charge in [0.25, 0.3) is 0 Å². The molecule has 0 fully saturated rings. The van der Waals surface area contributed by atoms with Crippen molar-refractivity contribution in [1.82, 2.24) is 0 Å². The van der Waals surface area contributed by atoms with E-state index in [0.717, 1.165) is 11.3 Å². The number of carbonyl (C=O) groups excluding carboxylic acids is 2. The van der Waals surface area contributed by atoms with Gasteiger partial charge >= 0.3 is 12.0 Å². The van der Waals surface area contributed by atoms with Crippen LogP contribution in [0.4, 0.5) is 16.2 Å². The fraction of sp³-hybridized carbons (Fsp3) is 0.300. The lowest BCUT2D eigenvalue weighted by Gasteiger charge is -2.33. The van der Waals surface area contributed by atoms with Crippen LogP contribution in [-0.2, 0) is 4.74 Å². The van der Waals surface area contributed by atoms with Crippen LogP contribution in [-0.4, -0.2) is 31.3 Å². The number of nitrogens with one attached hydrogen (secondary N) is 1. The molecule has 136 valence electrons. The summed E-state index contributed by atoms with van der Waals surface area (Å²) in [5, 5.41) is 2.87. The summed E-state index contributed by atoms with van der Waals surface area (Å²) in [6.07, 6.45) is -0.0952. The highest BCUT2D eigenvalue weighted by molar-refractivity contribution is 6.03. The van der Waals surface area contributed by atoms with E-state index in [0.29, 0.717) is 30.2 Å². The number of aryl methyl sites for hydroxylation is 1. The lowest BCUT2D eigenvalue weighted by atomic mass is 10.1. The Labute approximate surface area is 152 Å². The first-order chi connectivity index (χ1) is 12.5. The number of hydrogen-bond acceptors (Lipinski definition) is 4. The van der Waals surface area contributed by atoms with Gasteiger partial charge in [0.05, 0.1) is 24.4 Å². The number of urea groups is 1. The van der Waals surface area contributed by atoms with Gasteiger partial charge in [-0.1, -0.05) is 6.07 Å². The molecule has 6 heteroatoms. The van der Waals surface area contributed by atoms with Gasteiger partial charge in [0, 0.05) is 5.69 Å². The Morgan fingerprint density at radius 1 is 1.23 bits per heavy atom. The van der Waals surface area contributed by atoms with Gasteiger partial charge < -0.3 is 14.8 Å². The molecule has 2 aromatic carbocycles. The summed E-state index contributed by atoms with van der Waals surface area (Å²) >= 11 is 0. The minimum absolute atomic E-state index is 0.0952. The monoisotopic (exact) mass is 354 g/mol. The Hall–Kier alpha value is -3.02. The van der Waals surface area contributed by atoms with Crippen LogP contribution in [0.5, 0.6) is 5.75 Å². The van der Waals surface area contributed by atoms with E-state index in [2.05, 4.69) is 5.32 Å². The smallest absolute Gasteiger partial charge is 0.338 e. The van der Waals surface area contributed by atoms with Crippen LogP contribution < -0.4 is 15.0 Å². The van der Waals surface area contributed by atoms with Crippen molar-refractivity contribution in [1.29, 1.82) is 0 Å². The van der Waals surface area contributed by atoms with E-state index < -0.39 is 0 Å². The number of nitrogens with zero attached hydrogens (tertiary/aromatic N) is 1. The Morgan fingerprint density at radius 2 is 1.96 bits per heavy atom. The highest BCUT2D eigenvalue weighted by Gasteiger charge is 2.27. The zero-order chi connectivity index (χ0) is 18.7. The molecule has 3 rings (SSSR count). The number of anilines is 2. The maximum atomic E-state index is 12.8. The molecule has 1 aliphatic heterocycles. The minimum atomic E-state index is -0.378. The third-order valence-corrected chi connectivity index (χ3v) is 4.07. The second kappa shape index (κ2) is 7.47. The quantitative estimate of drug-likeness (QED) is 0.846. The largest absolute Gasteiger partial charge is 0.487 e. The lowest BCUT2D eigenvalue weighted by molar-refractivity contribution is 0.0526. The van der Waals surface area contributed by atoms with Gasteiger partial charge in [-0.25, -0.2) is 9.59 Å². The summed E-state index contributed by atoms with van der Waals surface area (Å²) in [5.74, 6) is 0.318. The highest BCUT2D eigenvalue weighted by atomic mass is 16.5. The normalized spacial score (nSPS) is 15.7. The fourth-order valence-electron chi connectivity index (χ4n) is 2.83. The van der Waals surface area contributed by atoms with Crippen molar-refractivity contribution in [2.45, 2.75) is 26.9 Å². The third-order valence-electron chi connectivity index (χ3n) is 4.07. The standard InChI is InChI=1S/C20H22N2O4/c1-4-25-19(23)15-6-8-16(9-7-15)21-20(24)22-12-14(3)26-18-10-5-13(2)11-17(18)22/h5-11,14H,4,12H2,1-3H3,(H,21,24)/t14-/m0/s1. The maximum Gasteiger partial charge on any atom is 0.338 e. The molecule has 0 radical (unpaired) electrons. The molecule has 0 aromatic heterocycles. The second-order valence-electron chi connectivity index (χ2n) is 6.24. The number of ether oxygens (including phenoxy) is 2. The molecule has 0 saturated carbocycles. The Morgan fingerprint density at radius 3 is 2.65 bits per heavy atom. The van der Waals surface area contributed by atoms with Gasteiger partial charge in [0.15, 0.2) is 0 Å². The van der Waals surface area contributed by atoms with Gasteiger partial charge in [-0.05, 0) is 62.7 Å². The SMILES string of the molecule is CCOC(=O)c1ccc(NC(=O)N2C[C@H](C)Oc3ccc(C)cc32)cc1.